The van der Waals surface area contributed by atoms with E-state index in [1.54, 1.807) is 0 Å². The molecule has 66 valence electrons. The molecule has 0 heteroatoms. The van der Waals surface area contributed by atoms with Gasteiger partial charge in [-0.2, -0.15) is 0 Å². The average molecular weight is 162 g/mol. The lowest BCUT2D eigenvalue weighted by Gasteiger charge is -1.93. The quantitative estimate of drug-likeness (QED) is 0.472. The van der Waals surface area contributed by atoms with Crippen molar-refractivity contribution in [1.82, 2.24) is 0 Å². The van der Waals surface area contributed by atoms with Crippen molar-refractivity contribution >= 4 is 0 Å². The molecule has 0 saturated heterocycles. The molecule has 0 saturated carbocycles. The SMILES string of the molecule is C1=CCCC/C=C\CCC/C=C\1. The van der Waals surface area contributed by atoms with Crippen LogP contribution < -0.4 is 0 Å². The van der Waals surface area contributed by atoms with E-state index < -0.39 is 0 Å². The number of hydrogen-bond acceptors (Lipinski definition) is 0. The van der Waals surface area contributed by atoms with Crippen molar-refractivity contribution in [3.63, 3.8) is 0 Å². The van der Waals surface area contributed by atoms with Gasteiger partial charge in [0.05, 0.1) is 0 Å². The molecule has 0 aliphatic heterocycles. The largest absolute Gasteiger partial charge is 0.0885 e. The molecule has 1 aliphatic rings. The Kier molecular flexibility index (Phi) is 5.35. The van der Waals surface area contributed by atoms with Crippen LogP contribution in [0.3, 0.4) is 0 Å². The van der Waals surface area contributed by atoms with Gasteiger partial charge < -0.3 is 0 Å². The van der Waals surface area contributed by atoms with Gasteiger partial charge in [0.2, 0.25) is 0 Å². The Bertz CT molecular complexity index is 152. The fourth-order valence-electron chi connectivity index (χ4n) is 1.29. The molecule has 0 heterocycles. The van der Waals surface area contributed by atoms with Crippen molar-refractivity contribution < 1.29 is 0 Å². The standard InChI is InChI=1S/C12H18/c1-2-4-6-8-10-12-11-9-7-5-3-1/h1-4,11-12H,5-10H2/b3-1-,4-2?,12-11-. The minimum Gasteiger partial charge on any atom is -0.0885 e. The van der Waals surface area contributed by atoms with Crippen molar-refractivity contribution in [1.29, 1.82) is 0 Å². The Labute approximate surface area is 75.7 Å². The van der Waals surface area contributed by atoms with Crippen LogP contribution in [0.15, 0.2) is 36.5 Å². The minimum absolute atomic E-state index is 1.22. The van der Waals surface area contributed by atoms with E-state index in [-0.39, 0.29) is 0 Å². The van der Waals surface area contributed by atoms with Crippen molar-refractivity contribution in [2.45, 2.75) is 38.5 Å². The van der Waals surface area contributed by atoms with E-state index in [1.165, 1.54) is 38.5 Å². The van der Waals surface area contributed by atoms with Gasteiger partial charge in [0.15, 0.2) is 0 Å². The molecular formula is C12H18. The summed E-state index contributed by atoms with van der Waals surface area (Å²) in [7, 11) is 0. The van der Waals surface area contributed by atoms with Crippen LogP contribution in [0, 0.1) is 0 Å². The lowest BCUT2D eigenvalue weighted by Crippen LogP contribution is -1.73. The van der Waals surface area contributed by atoms with Crippen LogP contribution >= 0.6 is 0 Å². The van der Waals surface area contributed by atoms with Gasteiger partial charge in [-0.3, -0.25) is 0 Å². The summed E-state index contributed by atoms with van der Waals surface area (Å²) in [5.74, 6) is 0. The lowest BCUT2D eigenvalue weighted by molar-refractivity contribution is 0.838. The highest BCUT2D eigenvalue weighted by Crippen LogP contribution is 2.03. The van der Waals surface area contributed by atoms with Crippen LogP contribution in [0.2, 0.25) is 0 Å². The molecule has 0 nitrogen and oxygen atoms in total. The van der Waals surface area contributed by atoms with Crippen molar-refractivity contribution in [3.05, 3.63) is 36.5 Å². The highest BCUT2D eigenvalue weighted by Gasteiger charge is 1.83. The molecule has 0 aromatic rings. The zero-order valence-corrected chi connectivity index (χ0v) is 7.71. The predicted octanol–water partition coefficient (Wildman–Crippen LogP) is 4.01. The molecule has 0 atom stereocenters. The maximum atomic E-state index is 2.32. The Morgan fingerprint density at radius 3 is 1.42 bits per heavy atom. The summed E-state index contributed by atoms with van der Waals surface area (Å²) in [6.07, 6.45) is 21.0. The Morgan fingerprint density at radius 2 is 0.917 bits per heavy atom. The molecule has 0 unspecified atom stereocenters. The maximum Gasteiger partial charge on any atom is -0.0345 e. The molecule has 0 bridgehead atoms. The number of allylic oxidation sites excluding steroid dienone is 6. The predicted molar refractivity (Wildman–Crippen MR) is 55.1 cm³/mol. The minimum atomic E-state index is 1.22. The monoisotopic (exact) mass is 162 g/mol. The fraction of sp³-hybridized carbons (Fsp3) is 0.500. The molecule has 1 aliphatic carbocycles. The first kappa shape index (κ1) is 9.31. The van der Waals surface area contributed by atoms with E-state index in [9.17, 15) is 0 Å². The molecule has 0 fully saturated rings. The van der Waals surface area contributed by atoms with Gasteiger partial charge in [-0.25, -0.2) is 0 Å². The van der Waals surface area contributed by atoms with E-state index in [0.29, 0.717) is 0 Å². The second-order valence-corrected chi connectivity index (χ2v) is 3.19. The van der Waals surface area contributed by atoms with Crippen LogP contribution in [0.25, 0.3) is 0 Å². The smallest absolute Gasteiger partial charge is 0.0345 e. The third-order valence-electron chi connectivity index (χ3n) is 2.03. The van der Waals surface area contributed by atoms with Gasteiger partial charge in [-0.1, -0.05) is 36.5 Å². The van der Waals surface area contributed by atoms with Crippen molar-refractivity contribution in [2.24, 2.45) is 0 Å². The van der Waals surface area contributed by atoms with Crippen LogP contribution in [0.1, 0.15) is 38.5 Å². The van der Waals surface area contributed by atoms with Crippen LogP contribution in [0.4, 0.5) is 0 Å². The molecule has 12 heavy (non-hydrogen) atoms. The number of rotatable bonds is 0. The molecule has 0 N–H and O–H groups in total. The van der Waals surface area contributed by atoms with Crippen LogP contribution in [-0.4, -0.2) is 0 Å². The highest BCUT2D eigenvalue weighted by atomic mass is 13.9. The van der Waals surface area contributed by atoms with Crippen LogP contribution in [-0.2, 0) is 0 Å². The Balaban J connectivity index is 2.30. The fourth-order valence-corrected chi connectivity index (χ4v) is 1.29. The highest BCUT2D eigenvalue weighted by molar-refractivity contribution is 5.02. The van der Waals surface area contributed by atoms with Gasteiger partial charge in [-0.05, 0) is 38.5 Å². The maximum absolute atomic E-state index is 2.32. The first-order valence-corrected chi connectivity index (χ1v) is 4.97. The number of hydrogen-bond donors (Lipinski definition) is 0. The Morgan fingerprint density at radius 1 is 0.500 bits per heavy atom. The second kappa shape index (κ2) is 6.90. The molecule has 0 amide bonds. The molecule has 0 radical (unpaired) electrons. The molecule has 0 spiro atoms. The van der Waals surface area contributed by atoms with Gasteiger partial charge >= 0.3 is 0 Å². The summed E-state index contributed by atoms with van der Waals surface area (Å²) in [5, 5.41) is 0. The van der Waals surface area contributed by atoms with E-state index in [1.807, 2.05) is 0 Å². The summed E-state index contributed by atoms with van der Waals surface area (Å²) in [4.78, 5) is 0. The van der Waals surface area contributed by atoms with Gasteiger partial charge in [-0.15, -0.1) is 0 Å². The van der Waals surface area contributed by atoms with E-state index in [2.05, 4.69) is 36.5 Å². The normalized spacial score (nSPS) is 25.3. The first-order valence-electron chi connectivity index (χ1n) is 4.97. The summed E-state index contributed by atoms with van der Waals surface area (Å²) in [6, 6.07) is 0. The second-order valence-electron chi connectivity index (χ2n) is 3.19. The average Bonchev–Trinajstić information content (AvgIpc) is 2.05. The molecule has 1 rings (SSSR count). The summed E-state index contributed by atoms with van der Waals surface area (Å²) in [6.45, 7) is 0. The summed E-state index contributed by atoms with van der Waals surface area (Å²) < 4.78 is 0. The van der Waals surface area contributed by atoms with Crippen molar-refractivity contribution in [3.8, 4) is 0 Å². The van der Waals surface area contributed by atoms with Crippen molar-refractivity contribution in [2.75, 3.05) is 0 Å². The third-order valence-corrected chi connectivity index (χ3v) is 2.03. The van der Waals surface area contributed by atoms with E-state index >= 15 is 0 Å². The zero-order valence-electron chi connectivity index (χ0n) is 7.71. The topological polar surface area (TPSA) is 0 Å². The van der Waals surface area contributed by atoms with Gasteiger partial charge in [0.1, 0.15) is 0 Å². The molecular weight excluding hydrogens is 144 g/mol. The van der Waals surface area contributed by atoms with Gasteiger partial charge in [0, 0.05) is 0 Å². The van der Waals surface area contributed by atoms with Crippen LogP contribution in [0.5, 0.6) is 0 Å². The lowest BCUT2D eigenvalue weighted by atomic mass is 10.1. The Hall–Kier alpha value is -0.780. The van der Waals surface area contributed by atoms with E-state index in [0.717, 1.165) is 0 Å². The summed E-state index contributed by atoms with van der Waals surface area (Å²) >= 11 is 0. The third kappa shape index (κ3) is 4.95. The van der Waals surface area contributed by atoms with E-state index in [4.69, 9.17) is 0 Å². The molecule has 0 aromatic heterocycles. The first-order chi connectivity index (χ1) is 6.00. The zero-order chi connectivity index (χ0) is 8.49. The summed E-state index contributed by atoms with van der Waals surface area (Å²) in [5.41, 5.74) is 0. The molecule has 0 aromatic carbocycles. The van der Waals surface area contributed by atoms with Gasteiger partial charge in [0.25, 0.3) is 0 Å².